The number of aromatic nitrogens is 4. The first-order valence-corrected chi connectivity index (χ1v) is 9.96. The number of hydrogen-bond donors (Lipinski definition) is 1. The molecule has 0 spiro atoms. The molecule has 4 aromatic rings. The second-order valence-corrected chi connectivity index (χ2v) is 7.62. The first-order chi connectivity index (χ1) is 14.8. The first-order valence-electron chi connectivity index (χ1n) is 9.17. The van der Waals surface area contributed by atoms with Gasteiger partial charge in [0.15, 0.2) is 0 Å². The predicted molar refractivity (Wildman–Crippen MR) is 115 cm³/mol. The third kappa shape index (κ3) is 3.70. The van der Waals surface area contributed by atoms with Crippen LogP contribution >= 0.6 is 15.9 Å². The molecule has 0 radical (unpaired) electrons. The number of halogens is 2. The summed E-state index contributed by atoms with van der Waals surface area (Å²) >= 11 is 3.41. The van der Waals surface area contributed by atoms with E-state index in [4.69, 9.17) is 4.74 Å². The van der Waals surface area contributed by atoms with Crippen molar-refractivity contribution in [3.05, 3.63) is 90.5 Å². The van der Waals surface area contributed by atoms with Gasteiger partial charge in [0, 0.05) is 12.7 Å². The number of aromatic amines is 1. The van der Waals surface area contributed by atoms with Gasteiger partial charge in [-0.15, -0.1) is 0 Å². The van der Waals surface area contributed by atoms with Gasteiger partial charge in [0.2, 0.25) is 0 Å². The van der Waals surface area contributed by atoms with Gasteiger partial charge in [-0.2, -0.15) is 5.10 Å². The van der Waals surface area contributed by atoms with Gasteiger partial charge in [-0.3, -0.25) is 9.48 Å². The Kier molecular flexibility index (Phi) is 5.32. The molecular weight excluding hydrogens is 471 g/mol. The van der Waals surface area contributed by atoms with Crippen LogP contribution in [0.5, 0.6) is 0 Å². The van der Waals surface area contributed by atoms with Crippen molar-refractivity contribution < 1.29 is 13.9 Å². The van der Waals surface area contributed by atoms with E-state index in [1.165, 1.54) is 36.4 Å². The topological polar surface area (TPSA) is 99.0 Å². The maximum Gasteiger partial charge on any atom is 0.338 e. The zero-order valence-electron chi connectivity index (χ0n) is 16.5. The summed E-state index contributed by atoms with van der Waals surface area (Å²) in [5, 5.41) is 4.39. The van der Waals surface area contributed by atoms with Crippen molar-refractivity contribution in [2.75, 3.05) is 0 Å². The molecule has 0 aliphatic carbocycles. The van der Waals surface area contributed by atoms with Crippen molar-refractivity contribution in [3.8, 4) is 5.69 Å². The van der Waals surface area contributed by atoms with Crippen molar-refractivity contribution in [2.24, 2.45) is 7.05 Å². The third-order valence-electron chi connectivity index (χ3n) is 4.89. The highest BCUT2D eigenvalue weighted by Gasteiger charge is 2.17. The molecule has 0 bridgehead atoms. The first kappa shape index (κ1) is 20.7. The molecular formula is C21H16BrFN4O4. The number of carbonyl (C=O) groups excluding carboxylic acids is 1. The van der Waals surface area contributed by atoms with E-state index < -0.39 is 23.0 Å². The number of benzene rings is 2. The number of carbonyl (C=O) groups is 1. The number of H-pyrrole nitrogens is 1. The molecule has 0 amide bonds. The van der Waals surface area contributed by atoms with Gasteiger partial charge >= 0.3 is 11.7 Å². The average Bonchev–Trinajstić information content (AvgIpc) is 2.99. The Labute approximate surface area is 183 Å². The Morgan fingerprint density at radius 2 is 1.97 bits per heavy atom. The summed E-state index contributed by atoms with van der Waals surface area (Å²) in [7, 11) is 1.78. The zero-order chi connectivity index (χ0) is 22.3. The number of aryl methyl sites for hydroxylation is 1. The third-order valence-corrected chi connectivity index (χ3v) is 5.93. The molecule has 0 aliphatic rings. The van der Waals surface area contributed by atoms with Gasteiger partial charge in [-0.25, -0.2) is 18.5 Å². The quantitative estimate of drug-likeness (QED) is 0.447. The Morgan fingerprint density at radius 1 is 1.23 bits per heavy atom. The molecule has 0 saturated carbocycles. The molecule has 4 rings (SSSR count). The van der Waals surface area contributed by atoms with Gasteiger partial charge in [-0.05, 0) is 53.2 Å². The van der Waals surface area contributed by atoms with Crippen LogP contribution in [0.2, 0.25) is 0 Å². The van der Waals surface area contributed by atoms with Crippen LogP contribution in [-0.2, 0) is 18.4 Å². The van der Waals surface area contributed by atoms with Gasteiger partial charge in [0.25, 0.3) is 5.56 Å². The van der Waals surface area contributed by atoms with E-state index in [1.807, 2.05) is 6.92 Å². The molecule has 2 aromatic heterocycles. The number of fused-ring (bicyclic) bond motifs is 1. The van der Waals surface area contributed by atoms with Gasteiger partial charge < -0.3 is 9.72 Å². The van der Waals surface area contributed by atoms with Crippen molar-refractivity contribution >= 4 is 32.8 Å². The number of hydrogen-bond acceptors (Lipinski definition) is 5. The van der Waals surface area contributed by atoms with Gasteiger partial charge in [-0.1, -0.05) is 12.1 Å². The lowest BCUT2D eigenvalue weighted by atomic mass is 10.1. The van der Waals surface area contributed by atoms with Crippen LogP contribution in [0, 0.1) is 12.7 Å². The van der Waals surface area contributed by atoms with E-state index in [0.29, 0.717) is 5.69 Å². The van der Waals surface area contributed by atoms with Crippen LogP contribution in [-0.4, -0.2) is 25.3 Å². The summed E-state index contributed by atoms with van der Waals surface area (Å²) in [5.41, 5.74) is 0.0747. The lowest BCUT2D eigenvalue weighted by Crippen LogP contribution is -2.34. The fourth-order valence-corrected chi connectivity index (χ4v) is 3.61. The lowest BCUT2D eigenvalue weighted by molar-refractivity contribution is 0.0466. The molecule has 10 heteroatoms. The normalized spacial score (nSPS) is 11.1. The minimum absolute atomic E-state index is 0.0511. The molecule has 2 heterocycles. The van der Waals surface area contributed by atoms with Crippen molar-refractivity contribution in [1.29, 1.82) is 0 Å². The zero-order valence-corrected chi connectivity index (χ0v) is 18.1. The minimum Gasteiger partial charge on any atom is -0.455 e. The van der Waals surface area contributed by atoms with E-state index in [0.717, 1.165) is 20.8 Å². The molecule has 31 heavy (non-hydrogen) atoms. The number of ether oxygens (including phenoxy) is 1. The van der Waals surface area contributed by atoms with E-state index in [9.17, 15) is 18.8 Å². The number of nitrogens with zero attached hydrogens (tertiary/aromatic N) is 3. The maximum atomic E-state index is 14.1. The van der Waals surface area contributed by atoms with Crippen molar-refractivity contribution in [2.45, 2.75) is 13.5 Å². The summed E-state index contributed by atoms with van der Waals surface area (Å²) in [4.78, 5) is 40.3. The van der Waals surface area contributed by atoms with E-state index in [2.05, 4.69) is 26.0 Å². The summed E-state index contributed by atoms with van der Waals surface area (Å²) in [5.74, 6) is -1.35. The Morgan fingerprint density at radius 3 is 2.65 bits per heavy atom. The standard InChI is InChI=1S/C21H16BrFN4O4/c1-11-18(22)16(25-26(11)2)10-31-20(29)12-7-8-13-15(9-12)24-21(30)27(19(13)28)17-6-4-3-5-14(17)23/h3-9H,10H2,1-2H3,(H,24,30). The Bertz CT molecular complexity index is 1450. The SMILES string of the molecule is Cc1c(Br)c(COC(=O)c2ccc3c(=O)n(-c4ccccc4F)c(=O)[nH]c3c2)nn1C. The molecule has 0 saturated heterocycles. The van der Waals surface area contributed by atoms with Crippen LogP contribution in [0.3, 0.4) is 0 Å². The highest BCUT2D eigenvalue weighted by Crippen LogP contribution is 2.21. The summed E-state index contributed by atoms with van der Waals surface area (Å²) in [6.45, 7) is 1.82. The van der Waals surface area contributed by atoms with E-state index >= 15 is 0 Å². The van der Waals surface area contributed by atoms with Crippen LogP contribution in [0.1, 0.15) is 21.7 Å². The average molecular weight is 487 g/mol. The summed E-state index contributed by atoms with van der Waals surface area (Å²) in [6, 6.07) is 9.63. The summed E-state index contributed by atoms with van der Waals surface area (Å²) < 4.78 is 22.5. The maximum absolute atomic E-state index is 14.1. The molecule has 0 atom stereocenters. The fourth-order valence-electron chi connectivity index (χ4n) is 3.16. The van der Waals surface area contributed by atoms with Crippen LogP contribution in [0.15, 0.2) is 56.5 Å². The predicted octanol–water partition coefficient (Wildman–Crippen LogP) is 2.98. The molecule has 0 fully saturated rings. The smallest absolute Gasteiger partial charge is 0.338 e. The van der Waals surface area contributed by atoms with Crippen LogP contribution in [0.4, 0.5) is 4.39 Å². The minimum atomic E-state index is -0.819. The second-order valence-electron chi connectivity index (χ2n) is 6.83. The lowest BCUT2D eigenvalue weighted by Gasteiger charge is -2.08. The highest BCUT2D eigenvalue weighted by molar-refractivity contribution is 9.10. The Balaban J connectivity index is 1.67. The molecule has 0 aliphatic heterocycles. The number of rotatable bonds is 4. The number of para-hydroxylation sites is 1. The monoisotopic (exact) mass is 486 g/mol. The molecule has 0 unspecified atom stereocenters. The molecule has 1 N–H and O–H groups in total. The van der Waals surface area contributed by atoms with Crippen LogP contribution in [0.25, 0.3) is 16.6 Å². The molecule has 2 aromatic carbocycles. The van der Waals surface area contributed by atoms with Crippen molar-refractivity contribution in [3.63, 3.8) is 0 Å². The molecule has 8 nitrogen and oxygen atoms in total. The summed E-state index contributed by atoms with van der Waals surface area (Å²) in [6.07, 6.45) is 0. The Hall–Kier alpha value is -3.53. The van der Waals surface area contributed by atoms with E-state index in [-0.39, 0.29) is 28.8 Å². The highest BCUT2D eigenvalue weighted by atomic mass is 79.9. The number of nitrogens with one attached hydrogen (secondary N) is 1. The van der Waals surface area contributed by atoms with E-state index in [1.54, 1.807) is 11.7 Å². The number of esters is 1. The van der Waals surface area contributed by atoms with Gasteiger partial charge in [0.1, 0.15) is 18.1 Å². The second kappa shape index (κ2) is 7.95. The largest absolute Gasteiger partial charge is 0.455 e. The van der Waals surface area contributed by atoms with Crippen LogP contribution < -0.4 is 11.2 Å². The van der Waals surface area contributed by atoms with Crippen molar-refractivity contribution in [1.82, 2.24) is 19.3 Å². The molecule has 158 valence electrons. The fraction of sp³-hybridized carbons (Fsp3) is 0.143. The van der Waals surface area contributed by atoms with Gasteiger partial charge in [0.05, 0.1) is 26.6 Å².